The molecule has 21 heavy (non-hydrogen) atoms. The van der Waals surface area contributed by atoms with E-state index >= 15 is 0 Å². The van der Waals surface area contributed by atoms with Gasteiger partial charge in [-0.15, -0.1) is 0 Å². The van der Waals surface area contributed by atoms with Crippen molar-refractivity contribution in [2.24, 2.45) is 11.8 Å². The van der Waals surface area contributed by atoms with E-state index in [2.05, 4.69) is 5.32 Å². The SMILES string of the molecule is COC1CNC(C(=O)N2CCCC(C(C)CC(=O)O)C2)C1. The average molecular weight is 298 g/mol. The van der Waals surface area contributed by atoms with Crippen LogP contribution in [0.2, 0.25) is 0 Å². The molecule has 0 aromatic heterocycles. The average Bonchev–Trinajstić information content (AvgIpc) is 2.95. The van der Waals surface area contributed by atoms with E-state index in [1.165, 1.54) is 0 Å². The van der Waals surface area contributed by atoms with Gasteiger partial charge in [-0.2, -0.15) is 0 Å². The number of carboxylic acids is 1. The minimum atomic E-state index is -0.758. The van der Waals surface area contributed by atoms with Crippen LogP contribution >= 0.6 is 0 Å². The molecule has 2 heterocycles. The highest BCUT2D eigenvalue weighted by Gasteiger charge is 2.35. The van der Waals surface area contributed by atoms with Gasteiger partial charge in [-0.3, -0.25) is 9.59 Å². The summed E-state index contributed by atoms with van der Waals surface area (Å²) in [5, 5.41) is 12.1. The first-order valence-corrected chi connectivity index (χ1v) is 7.78. The normalized spacial score (nSPS) is 31.1. The Labute approximate surface area is 125 Å². The smallest absolute Gasteiger partial charge is 0.303 e. The molecule has 2 aliphatic rings. The Morgan fingerprint density at radius 2 is 2.24 bits per heavy atom. The summed E-state index contributed by atoms with van der Waals surface area (Å²) >= 11 is 0. The van der Waals surface area contributed by atoms with Crippen LogP contribution in [0.4, 0.5) is 0 Å². The van der Waals surface area contributed by atoms with Crippen molar-refractivity contribution in [2.75, 3.05) is 26.7 Å². The van der Waals surface area contributed by atoms with Crippen LogP contribution in [0.15, 0.2) is 0 Å². The van der Waals surface area contributed by atoms with E-state index in [0.29, 0.717) is 12.5 Å². The predicted molar refractivity (Wildman–Crippen MR) is 77.9 cm³/mol. The lowest BCUT2D eigenvalue weighted by Crippen LogP contribution is -2.48. The molecule has 0 aliphatic carbocycles. The van der Waals surface area contributed by atoms with Gasteiger partial charge in [0.25, 0.3) is 0 Å². The zero-order valence-corrected chi connectivity index (χ0v) is 12.9. The second-order valence-electron chi connectivity index (χ2n) is 6.32. The van der Waals surface area contributed by atoms with Gasteiger partial charge in [-0.05, 0) is 31.1 Å². The number of carbonyl (C=O) groups is 2. The molecule has 120 valence electrons. The first kappa shape index (κ1) is 16.2. The minimum Gasteiger partial charge on any atom is -0.481 e. The number of rotatable bonds is 5. The van der Waals surface area contributed by atoms with Gasteiger partial charge in [0.1, 0.15) is 0 Å². The van der Waals surface area contributed by atoms with Gasteiger partial charge in [0.15, 0.2) is 0 Å². The number of likely N-dealkylation sites (tertiary alicyclic amines) is 1. The van der Waals surface area contributed by atoms with Gasteiger partial charge in [-0.25, -0.2) is 0 Å². The van der Waals surface area contributed by atoms with Crippen molar-refractivity contribution >= 4 is 11.9 Å². The van der Waals surface area contributed by atoms with Crippen LogP contribution in [-0.4, -0.2) is 60.8 Å². The number of ether oxygens (including phenoxy) is 1. The molecular formula is C15H26N2O4. The molecule has 4 atom stereocenters. The highest BCUT2D eigenvalue weighted by molar-refractivity contribution is 5.82. The number of nitrogens with one attached hydrogen (secondary N) is 1. The maximum atomic E-state index is 12.5. The van der Waals surface area contributed by atoms with Crippen molar-refractivity contribution in [1.29, 1.82) is 0 Å². The predicted octanol–water partition coefficient (Wildman–Crippen LogP) is 0.713. The first-order valence-electron chi connectivity index (χ1n) is 7.78. The van der Waals surface area contributed by atoms with Crippen LogP contribution in [0, 0.1) is 11.8 Å². The van der Waals surface area contributed by atoms with Crippen molar-refractivity contribution in [3.05, 3.63) is 0 Å². The lowest BCUT2D eigenvalue weighted by atomic mass is 9.84. The van der Waals surface area contributed by atoms with E-state index in [1.54, 1.807) is 7.11 Å². The Morgan fingerprint density at radius 1 is 1.48 bits per heavy atom. The Hall–Kier alpha value is -1.14. The van der Waals surface area contributed by atoms with Crippen LogP contribution in [0.3, 0.4) is 0 Å². The number of hydrogen-bond acceptors (Lipinski definition) is 4. The molecule has 0 spiro atoms. The lowest BCUT2D eigenvalue weighted by Gasteiger charge is -2.36. The van der Waals surface area contributed by atoms with E-state index in [4.69, 9.17) is 9.84 Å². The molecule has 0 bridgehead atoms. The van der Waals surface area contributed by atoms with Gasteiger partial charge in [0, 0.05) is 33.2 Å². The first-order chi connectivity index (χ1) is 10.0. The number of hydrogen-bond donors (Lipinski definition) is 2. The van der Waals surface area contributed by atoms with Gasteiger partial charge in [0.05, 0.1) is 12.1 Å². The summed E-state index contributed by atoms with van der Waals surface area (Å²) in [6.07, 6.45) is 2.99. The minimum absolute atomic E-state index is 0.112. The maximum Gasteiger partial charge on any atom is 0.303 e. The topological polar surface area (TPSA) is 78.9 Å². The van der Waals surface area contributed by atoms with Gasteiger partial charge in [0.2, 0.25) is 5.91 Å². The molecule has 0 aromatic carbocycles. The van der Waals surface area contributed by atoms with Gasteiger partial charge in [-0.1, -0.05) is 6.92 Å². The number of carbonyl (C=O) groups excluding carboxylic acids is 1. The summed E-state index contributed by atoms with van der Waals surface area (Å²) in [6, 6.07) is -0.150. The van der Waals surface area contributed by atoms with Crippen LogP contribution in [0.5, 0.6) is 0 Å². The van der Waals surface area contributed by atoms with E-state index in [1.807, 2.05) is 11.8 Å². The van der Waals surface area contributed by atoms with Crippen molar-refractivity contribution in [1.82, 2.24) is 10.2 Å². The second kappa shape index (κ2) is 7.22. The number of carboxylic acid groups (broad SMARTS) is 1. The van der Waals surface area contributed by atoms with E-state index in [-0.39, 0.29) is 30.4 Å². The van der Waals surface area contributed by atoms with Crippen LogP contribution < -0.4 is 5.32 Å². The summed E-state index contributed by atoms with van der Waals surface area (Å²) in [6.45, 7) is 4.16. The Balaban J connectivity index is 1.88. The molecule has 2 saturated heterocycles. The molecule has 0 aromatic rings. The second-order valence-corrected chi connectivity index (χ2v) is 6.32. The van der Waals surface area contributed by atoms with Crippen LogP contribution in [0.1, 0.15) is 32.6 Å². The van der Waals surface area contributed by atoms with E-state index in [0.717, 1.165) is 32.4 Å². The summed E-state index contributed by atoms with van der Waals surface area (Å²) in [4.78, 5) is 25.3. The summed E-state index contributed by atoms with van der Waals surface area (Å²) in [5.74, 6) is -0.215. The fourth-order valence-corrected chi connectivity index (χ4v) is 3.41. The van der Waals surface area contributed by atoms with E-state index < -0.39 is 5.97 Å². The lowest BCUT2D eigenvalue weighted by molar-refractivity contribution is -0.139. The standard InChI is InChI=1S/C15H26N2O4/c1-10(6-14(18)19)11-4-3-5-17(9-11)15(20)13-7-12(21-2)8-16-13/h10-13,16H,3-9H2,1-2H3,(H,18,19). The summed E-state index contributed by atoms with van der Waals surface area (Å²) in [5.41, 5.74) is 0. The number of amides is 1. The fraction of sp³-hybridized carbons (Fsp3) is 0.867. The molecule has 0 radical (unpaired) electrons. The third kappa shape index (κ3) is 4.17. The Bertz CT molecular complexity index is 388. The molecule has 1 amide bonds. The van der Waals surface area contributed by atoms with Crippen LogP contribution in [-0.2, 0) is 14.3 Å². The van der Waals surface area contributed by atoms with Crippen molar-refractivity contribution in [2.45, 2.75) is 44.8 Å². The maximum absolute atomic E-state index is 12.5. The van der Waals surface area contributed by atoms with Crippen LogP contribution in [0.25, 0.3) is 0 Å². The zero-order chi connectivity index (χ0) is 15.4. The monoisotopic (exact) mass is 298 g/mol. The molecule has 6 nitrogen and oxygen atoms in total. The van der Waals surface area contributed by atoms with Gasteiger partial charge < -0.3 is 20.1 Å². The quantitative estimate of drug-likeness (QED) is 0.781. The number of nitrogens with zero attached hydrogens (tertiary/aromatic N) is 1. The molecule has 2 aliphatic heterocycles. The summed E-state index contributed by atoms with van der Waals surface area (Å²) < 4.78 is 5.28. The Morgan fingerprint density at radius 3 is 2.86 bits per heavy atom. The Kier molecular flexibility index (Phi) is 5.58. The highest BCUT2D eigenvalue weighted by Crippen LogP contribution is 2.27. The number of piperidine rings is 1. The number of aliphatic carboxylic acids is 1. The molecular weight excluding hydrogens is 272 g/mol. The summed E-state index contributed by atoms with van der Waals surface area (Å²) in [7, 11) is 1.67. The van der Waals surface area contributed by atoms with Gasteiger partial charge >= 0.3 is 5.97 Å². The molecule has 2 N–H and O–H groups in total. The number of methoxy groups -OCH3 is 1. The largest absolute Gasteiger partial charge is 0.481 e. The molecule has 6 heteroatoms. The van der Waals surface area contributed by atoms with Crippen molar-refractivity contribution in [3.63, 3.8) is 0 Å². The molecule has 2 rings (SSSR count). The highest BCUT2D eigenvalue weighted by atomic mass is 16.5. The molecule has 2 fully saturated rings. The zero-order valence-electron chi connectivity index (χ0n) is 12.9. The fourth-order valence-electron chi connectivity index (χ4n) is 3.41. The molecule has 0 saturated carbocycles. The van der Waals surface area contributed by atoms with Crippen molar-refractivity contribution in [3.8, 4) is 0 Å². The molecule has 4 unspecified atom stereocenters. The third-order valence-corrected chi connectivity index (χ3v) is 4.79. The van der Waals surface area contributed by atoms with Crippen molar-refractivity contribution < 1.29 is 19.4 Å². The van der Waals surface area contributed by atoms with E-state index in [9.17, 15) is 9.59 Å². The third-order valence-electron chi connectivity index (χ3n) is 4.79.